The second-order valence-electron chi connectivity index (χ2n) is 3.90. The Morgan fingerprint density at radius 1 is 1.53 bits per heavy atom. The van der Waals surface area contributed by atoms with Gasteiger partial charge in [-0.1, -0.05) is 26.0 Å². The van der Waals surface area contributed by atoms with Crippen molar-refractivity contribution in [1.29, 1.82) is 0 Å². The molecule has 4 heteroatoms. The van der Waals surface area contributed by atoms with Crippen LogP contribution in [0.1, 0.15) is 36.2 Å². The minimum atomic E-state index is -0.358. The maximum atomic E-state index is 11.7. The number of esters is 1. The quantitative estimate of drug-likeness (QED) is 0.647. The molecule has 17 heavy (non-hydrogen) atoms. The van der Waals surface area contributed by atoms with E-state index in [4.69, 9.17) is 10.5 Å². The van der Waals surface area contributed by atoms with Crippen LogP contribution in [0.25, 0.3) is 0 Å². The van der Waals surface area contributed by atoms with Crippen molar-refractivity contribution < 1.29 is 9.53 Å². The van der Waals surface area contributed by atoms with Gasteiger partial charge in [0.05, 0.1) is 12.7 Å². The van der Waals surface area contributed by atoms with Gasteiger partial charge in [-0.25, -0.2) is 4.79 Å². The molecule has 0 aliphatic carbocycles. The van der Waals surface area contributed by atoms with Gasteiger partial charge < -0.3 is 10.5 Å². The van der Waals surface area contributed by atoms with Gasteiger partial charge >= 0.3 is 5.97 Å². The monoisotopic (exact) mass is 253 g/mol. The van der Waals surface area contributed by atoms with Gasteiger partial charge in [-0.3, -0.25) is 0 Å². The van der Waals surface area contributed by atoms with Crippen LogP contribution in [0.4, 0.5) is 5.69 Å². The topological polar surface area (TPSA) is 52.3 Å². The highest BCUT2D eigenvalue weighted by atomic mass is 32.2. The summed E-state index contributed by atoms with van der Waals surface area (Å²) in [6.07, 6.45) is 1.11. The molecule has 0 fully saturated rings. The number of carbonyl (C=O) groups excluding carboxylic acids is 1. The summed E-state index contributed by atoms with van der Waals surface area (Å²) in [7, 11) is 1.38. The number of thioether (sulfide) groups is 1. The average Bonchev–Trinajstić information content (AvgIpc) is 2.35. The number of nitrogens with two attached hydrogens (primary N) is 1. The molecule has 0 aromatic heterocycles. The molecule has 1 rings (SSSR count). The summed E-state index contributed by atoms with van der Waals surface area (Å²) in [5.74, 6) is 0.424. The highest BCUT2D eigenvalue weighted by molar-refractivity contribution is 7.99. The number of rotatable bonds is 5. The van der Waals surface area contributed by atoms with Crippen LogP contribution in [0.5, 0.6) is 0 Å². The van der Waals surface area contributed by atoms with E-state index in [9.17, 15) is 4.79 Å². The smallest absolute Gasteiger partial charge is 0.340 e. The summed E-state index contributed by atoms with van der Waals surface area (Å²) in [6.45, 7) is 4.33. The van der Waals surface area contributed by atoms with Crippen molar-refractivity contribution in [1.82, 2.24) is 0 Å². The number of methoxy groups -OCH3 is 1. The van der Waals surface area contributed by atoms with Crippen molar-refractivity contribution in [3.8, 4) is 0 Å². The van der Waals surface area contributed by atoms with Crippen LogP contribution in [0.2, 0.25) is 0 Å². The Labute approximate surface area is 107 Å². The fourth-order valence-electron chi connectivity index (χ4n) is 1.44. The van der Waals surface area contributed by atoms with Gasteiger partial charge in [0.25, 0.3) is 0 Å². The summed E-state index contributed by atoms with van der Waals surface area (Å²) in [5.41, 5.74) is 7.76. The third-order valence-corrected chi connectivity index (χ3v) is 4.05. The molecule has 0 saturated carbocycles. The Kier molecular flexibility index (Phi) is 5.35. The molecule has 0 radical (unpaired) electrons. The summed E-state index contributed by atoms with van der Waals surface area (Å²) in [4.78, 5) is 11.7. The molecule has 0 spiro atoms. The predicted molar refractivity (Wildman–Crippen MR) is 73.2 cm³/mol. The summed E-state index contributed by atoms with van der Waals surface area (Å²) >= 11 is 1.82. The Morgan fingerprint density at radius 3 is 2.82 bits per heavy atom. The molecule has 0 amide bonds. The second-order valence-corrected chi connectivity index (χ2v) is 5.33. The van der Waals surface area contributed by atoms with Crippen molar-refractivity contribution in [2.75, 3.05) is 12.8 Å². The number of benzene rings is 1. The molecule has 0 aliphatic rings. The molecule has 3 nitrogen and oxygen atoms in total. The molecule has 0 bridgehead atoms. The van der Waals surface area contributed by atoms with Gasteiger partial charge in [0.1, 0.15) is 0 Å². The molecule has 0 heterocycles. The third kappa shape index (κ3) is 3.66. The van der Waals surface area contributed by atoms with Gasteiger partial charge in [0.2, 0.25) is 0 Å². The second kappa shape index (κ2) is 6.55. The van der Waals surface area contributed by atoms with Crippen LogP contribution in [-0.4, -0.2) is 18.3 Å². The first-order chi connectivity index (χ1) is 8.10. The van der Waals surface area contributed by atoms with Gasteiger partial charge in [-0.15, -0.1) is 0 Å². The molecule has 0 saturated heterocycles. The van der Waals surface area contributed by atoms with E-state index in [1.165, 1.54) is 7.11 Å². The number of hydrogen-bond donors (Lipinski definition) is 1. The summed E-state index contributed by atoms with van der Waals surface area (Å²) < 4.78 is 4.76. The number of carbonyl (C=O) groups is 1. The van der Waals surface area contributed by atoms with Crippen LogP contribution < -0.4 is 5.73 Å². The third-order valence-electron chi connectivity index (χ3n) is 2.67. The van der Waals surface area contributed by atoms with Gasteiger partial charge in [-0.05, 0) is 18.1 Å². The largest absolute Gasteiger partial charge is 0.465 e. The van der Waals surface area contributed by atoms with Crippen molar-refractivity contribution in [2.45, 2.75) is 31.3 Å². The predicted octanol–water partition coefficient (Wildman–Crippen LogP) is 3.09. The number of nitrogen functional groups attached to an aromatic ring is 1. The maximum Gasteiger partial charge on any atom is 0.340 e. The van der Waals surface area contributed by atoms with E-state index in [1.807, 2.05) is 23.9 Å². The lowest BCUT2D eigenvalue weighted by molar-refractivity contribution is 0.0601. The lowest BCUT2D eigenvalue weighted by Gasteiger charge is -2.12. The normalized spacial score (nSPS) is 12.2. The molecule has 0 aliphatic heterocycles. The van der Waals surface area contributed by atoms with Gasteiger partial charge in [0.15, 0.2) is 0 Å². The van der Waals surface area contributed by atoms with Crippen LogP contribution in [0.15, 0.2) is 18.2 Å². The van der Waals surface area contributed by atoms with E-state index >= 15 is 0 Å². The Bertz CT molecular complexity index is 393. The highest BCUT2D eigenvalue weighted by Crippen LogP contribution is 2.25. The van der Waals surface area contributed by atoms with Crippen molar-refractivity contribution in [2.24, 2.45) is 0 Å². The van der Waals surface area contributed by atoms with Crippen LogP contribution in [-0.2, 0) is 10.5 Å². The molecule has 1 atom stereocenters. The lowest BCUT2D eigenvalue weighted by atomic mass is 10.1. The van der Waals surface area contributed by atoms with E-state index in [0.717, 1.165) is 17.7 Å². The van der Waals surface area contributed by atoms with Crippen LogP contribution >= 0.6 is 11.8 Å². The summed E-state index contributed by atoms with van der Waals surface area (Å²) in [5, 5.41) is 0.571. The fourth-order valence-corrected chi connectivity index (χ4v) is 2.38. The molecule has 1 aromatic rings. The lowest BCUT2D eigenvalue weighted by Crippen LogP contribution is -2.09. The van der Waals surface area contributed by atoms with E-state index in [2.05, 4.69) is 13.8 Å². The average molecular weight is 253 g/mol. The van der Waals surface area contributed by atoms with Crippen molar-refractivity contribution >= 4 is 23.4 Å². The molecule has 2 N–H and O–H groups in total. The number of anilines is 1. The fraction of sp³-hybridized carbons (Fsp3) is 0.462. The molecular formula is C13H19NO2S. The molecule has 1 aromatic carbocycles. The maximum absolute atomic E-state index is 11.7. The SMILES string of the molecule is CCC(C)SCc1cccc(N)c1C(=O)OC. The van der Waals surface area contributed by atoms with E-state index in [1.54, 1.807) is 6.07 Å². The van der Waals surface area contributed by atoms with E-state index < -0.39 is 0 Å². The Hall–Kier alpha value is -1.16. The Morgan fingerprint density at radius 2 is 2.24 bits per heavy atom. The zero-order valence-corrected chi connectivity index (χ0v) is 11.3. The highest BCUT2D eigenvalue weighted by Gasteiger charge is 2.15. The van der Waals surface area contributed by atoms with Crippen LogP contribution in [0.3, 0.4) is 0 Å². The minimum absolute atomic E-state index is 0.358. The first-order valence-electron chi connectivity index (χ1n) is 5.67. The number of hydrogen-bond acceptors (Lipinski definition) is 4. The standard InChI is InChI=1S/C13H19NO2S/c1-4-9(2)17-8-10-6-5-7-11(14)12(10)13(15)16-3/h5-7,9H,4,8,14H2,1-3H3. The summed E-state index contributed by atoms with van der Waals surface area (Å²) in [6, 6.07) is 5.52. The number of ether oxygens (including phenoxy) is 1. The first-order valence-corrected chi connectivity index (χ1v) is 6.72. The zero-order valence-electron chi connectivity index (χ0n) is 10.5. The Balaban J connectivity index is 2.91. The van der Waals surface area contributed by atoms with Gasteiger partial charge in [0, 0.05) is 16.7 Å². The minimum Gasteiger partial charge on any atom is -0.465 e. The van der Waals surface area contributed by atoms with E-state index in [-0.39, 0.29) is 5.97 Å². The van der Waals surface area contributed by atoms with Crippen molar-refractivity contribution in [3.05, 3.63) is 29.3 Å². The molecule has 1 unspecified atom stereocenters. The van der Waals surface area contributed by atoms with E-state index in [0.29, 0.717) is 16.5 Å². The molecular weight excluding hydrogens is 234 g/mol. The molecule has 94 valence electrons. The first kappa shape index (κ1) is 13.9. The van der Waals surface area contributed by atoms with Crippen molar-refractivity contribution in [3.63, 3.8) is 0 Å². The zero-order chi connectivity index (χ0) is 12.8. The van der Waals surface area contributed by atoms with Gasteiger partial charge in [-0.2, -0.15) is 11.8 Å². The van der Waals surface area contributed by atoms with Crippen LogP contribution in [0, 0.1) is 0 Å².